The summed E-state index contributed by atoms with van der Waals surface area (Å²) in [4.78, 5) is 24.2. The van der Waals surface area contributed by atoms with Crippen LogP contribution in [-0.4, -0.2) is 38.1 Å². The zero-order valence-corrected chi connectivity index (χ0v) is 16.9. The van der Waals surface area contributed by atoms with Gasteiger partial charge in [-0.15, -0.1) is 0 Å². The van der Waals surface area contributed by atoms with Gasteiger partial charge in [0.15, 0.2) is 10.4 Å². The second kappa shape index (κ2) is 8.91. The van der Waals surface area contributed by atoms with Crippen molar-refractivity contribution in [2.75, 3.05) is 26.3 Å². The van der Waals surface area contributed by atoms with Gasteiger partial charge in [0.1, 0.15) is 0 Å². The molecule has 2 aromatic rings. The first-order valence-corrected chi connectivity index (χ1v) is 9.80. The van der Waals surface area contributed by atoms with Crippen molar-refractivity contribution in [1.29, 1.82) is 0 Å². The third-order valence-corrected chi connectivity index (χ3v) is 5.42. The molecule has 0 atom stereocenters. The summed E-state index contributed by atoms with van der Waals surface area (Å²) in [7, 11) is 0. The van der Waals surface area contributed by atoms with Gasteiger partial charge in [-0.25, -0.2) is 0 Å². The second-order valence-electron chi connectivity index (χ2n) is 6.46. The van der Waals surface area contributed by atoms with Crippen LogP contribution in [-0.2, 0) is 14.9 Å². The molecule has 2 heterocycles. The van der Waals surface area contributed by atoms with Crippen molar-refractivity contribution in [3.63, 3.8) is 0 Å². The molecule has 0 unspecified atom stereocenters. The molecule has 2 amide bonds. The van der Waals surface area contributed by atoms with Crippen LogP contribution in [0.15, 0.2) is 45.5 Å². The van der Waals surface area contributed by atoms with E-state index in [9.17, 15) is 9.59 Å². The predicted octanol–water partition coefficient (Wildman–Crippen LogP) is 3.29. The van der Waals surface area contributed by atoms with Gasteiger partial charge in [-0.2, -0.15) is 0 Å². The summed E-state index contributed by atoms with van der Waals surface area (Å²) in [6.07, 6.45) is 1.61. The van der Waals surface area contributed by atoms with Crippen LogP contribution in [0.25, 0.3) is 0 Å². The monoisotopic (exact) mass is 454 g/mol. The number of hydrogen-bond donors (Lipinski definition) is 2. The summed E-state index contributed by atoms with van der Waals surface area (Å²) in [6, 6.07) is 10.9. The summed E-state index contributed by atoms with van der Waals surface area (Å²) in [5.41, 5.74) is 0.925. The van der Waals surface area contributed by atoms with E-state index >= 15 is 0 Å². The van der Waals surface area contributed by atoms with Crippen LogP contribution >= 0.6 is 27.5 Å². The number of benzene rings is 1. The van der Waals surface area contributed by atoms with Gasteiger partial charge in [0.2, 0.25) is 5.91 Å². The SMILES string of the molecule is O=C(CNC(=O)c1ccc(Br)o1)NCC1(c2ccc(Cl)cc2)CCOCC1. The van der Waals surface area contributed by atoms with E-state index < -0.39 is 5.91 Å². The number of amides is 2. The summed E-state index contributed by atoms with van der Waals surface area (Å²) in [5, 5.41) is 6.17. The average Bonchev–Trinajstić information content (AvgIpc) is 3.12. The molecule has 1 fully saturated rings. The first-order valence-electron chi connectivity index (χ1n) is 8.63. The van der Waals surface area contributed by atoms with Gasteiger partial charge in [0.05, 0.1) is 6.54 Å². The van der Waals surface area contributed by atoms with E-state index in [1.807, 2.05) is 24.3 Å². The Kier molecular flexibility index (Phi) is 6.57. The predicted molar refractivity (Wildman–Crippen MR) is 105 cm³/mol. The number of furan rings is 1. The summed E-state index contributed by atoms with van der Waals surface area (Å²) in [6.45, 7) is 1.63. The first kappa shape index (κ1) is 19.9. The molecule has 1 aromatic carbocycles. The van der Waals surface area contributed by atoms with Crippen molar-refractivity contribution in [3.8, 4) is 0 Å². The number of hydrogen-bond acceptors (Lipinski definition) is 4. The fourth-order valence-corrected chi connectivity index (χ4v) is 3.58. The molecule has 0 radical (unpaired) electrons. The highest BCUT2D eigenvalue weighted by atomic mass is 79.9. The topological polar surface area (TPSA) is 80.6 Å². The minimum Gasteiger partial charge on any atom is -0.444 e. The molecule has 27 heavy (non-hydrogen) atoms. The van der Waals surface area contributed by atoms with Crippen LogP contribution in [0.2, 0.25) is 5.02 Å². The van der Waals surface area contributed by atoms with Crippen molar-refractivity contribution in [1.82, 2.24) is 10.6 Å². The van der Waals surface area contributed by atoms with Crippen molar-refractivity contribution in [3.05, 3.63) is 57.4 Å². The Bertz CT molecular complexity index is 800. The highest BCUT2D eigenvalue weighted by Gasteiger charge is 2.34. The van der Waals surface area contributed by atoms with Crippen LogP contribution in [0, 0.1) is 0 Å². The normalized spacial score (nSPS) is 15.9. The Morgan fingerprint density at radius 2 is 1.78 bits per heavy atom. The molecule has 144 valence electrons. The molecule has 6 nitrogen and oxygen atoms in total. The van der Waals surface area contributed by atoms with E-state index in [2.05, 4.69) is 26.6 Å². The van der Waals surface area contributed by atoms with E-state index in [0.29, 0.717) is 29.5 Å². The Hall–Kier alpha value is -1.83. The lowest BCUT2D eigenvalue weighted by Crippen LogP contribution is -2.47. The summed E-state index contributed by atoms with van der Waals surface area (Å²) in [5.74, 6) is -0.542. The number of carbonyl (C=O) groups excluding carboxylic acids is 2. The lowest BCUT2D eigenvalue weighted by molar-refractivity contribution is -0.120. The van der Waals surface area contributed by atoms with Crippen molar-refractivity contribution in [2.24, 2.45) is 0 Å². The molecule has 0 spiro atoms. The van der Waals surface area contributed by atoms with Crippen LogP contribution in [0.4, 0.5) is 0 Å². The van der Waals surface area contributed by atoms with Crippen LogP contribution in [0.1, 0.15) is 29.0 Å². The minimum atomic E-state index is -0.436. The fraction of sp³-hybridized carbons (Fsp3) is 0.368. The first-order chi connectivity index (χ1) is 13.0. The summed E-state index contributed by atoms with van der Waals surface area (Å²) >= 11 is 9.14. The van der Waals surface area contributed by atoms with E-state index in [1.54, 1.807) is 6.07 Å². The highest BCUT2D eigenvalue weighted by molar-refractivity contribution is 9.10. The van der Waals surface area contributed by atoms with Crippen LogP contribution in [0.3, 0.4) is 0 Å². The number of nitrogens with one attached hydrogen (secondary N) is 2. The Balaban J connectivity index is 1.57. The van der Waals surface area contributed by atoms with E-state index in [4.69, 9.17) is 20.8 Å². The second-order valence-corrected chi connectivity index (χ2v) is 7.68. The quantitative estimate of drug-likeness (QED) is 0.700. The molecule has 0 saturated carbocycles. The third-order valence-electron chi connectivity index (χ3n) is 4.74. The highest BCUT2D eigenvalue weighted by Crippen LogP contribution is 2.34. The number of rotatable bonds is 6. The van der Waals surface area contributed by atoms with Gasteiger partial charge in [0, 0.05) is 30.2 Å². The largest absolute Gasteiger partial charge is 0.444 e. The summed E-state index contributed by atoms with van der Waals surface area (Å²) < 4.78 is 11.1. The van der Waals surface area contributed by atoms with E-state index in [1.165, 1.54) is 6.07 Å². The fourth-order valence-electron chi connectivity index (χ4n) is 3.15. The number of ether oxygens (including phenoxy) is 1. The Labute approximate surface area is 170 Å². The zero-order chi connectivity index (χ0) is 19.3. The maximum atomic E-state index is 12.2. The van der Waals surface area contributed by atoms with Gasteiger partial charge in [-0.3, -0.25) is 9.59 Å². The molecule has 3 rings (SSSR count). The van der Waals surface area contributed by atoms with Crippen molar-refractivity contribution in [2.45, 2.75) is 18.3 Å². The van der Waals surface area contributed by atoms with Gasteiger partial charge in [0.25, 0.3) is 5.91 Å². The Morgan fingerprint density at radius 3 is 2.41 bits per heavy atom. The third kappa shape index (κ3) is 5.12. The Morgan fingerprint density at radius 1 is 1.07 bits per heavy atom. The van der Waals surface area contributed by atoms with Crippen LogP contribution in [0.5, 0.6) is 0 Å². The van der Waals surface area contributed by atoms with Gasteiger partial charge in [-0.1, -0.05) is 23.7 Å². The number of carbonyl (C=O) groups is 2. The molecular weight excluding hydrogens is 436 g/mol. The molecular formula is C19H20BrClN2O4. The lowest BCUT2D eigenvalue weighted by atomic mass is 9.74. The number of halogens is 2. The van der Waals surface area contributed by atoms with Gasteiger partial charge in [-0.05, 0) is 58.6 Å². The maximum absolute atomic E-state index is 12.2. The van der Waals surface area contributed by atoms with Crippen molar-refractivity contribution >= 4 is 39.3 Å². The molecule has 1 saturated heterocycles. The van der Waals surface area contributed by atoms with Crippen LogP contribution < -0.4 is 10.6 Å². The average molecular weight is 456 g/mol. The maximum Gasteiger partial charge on any atom is 0.287 e. The molecule has 0 bridgehead atoms. The standard InChI is InChI=1S/C19H20BrClN2O4/c20-16-6-5-15(27-16)18(25)22-11-17(24)23-12-19(7-9-26-10-8-19)13-1-3-14(21)4-2-13/h1-6H,7-12H2,(H,22,25)(H,23,24). The minimum absolute atomic E-state index is 0.121. The molecule has 0 aliphatic carbocycles. The zero-order valence-electron chi connectivity index (χ0n) is 14.6. The smallest absolute Gasteiger partial charge is 0.287 e. The van der Waals surface area contributed by atoms with E-state index in [-0.39, 0.29) is 23.6 Å². The molecule has 1 aromatic heterocycles. The molecule has 1 aliphatic rings. The lowest BCUT2D eigenvalue weighted by Gasteiger charge is -2.38. The van der Waals surface area contributed by atoms with E-state index in [0.717, 1.165) is 18.4 Å². The van der Waals surface area contributed by atoms with Crippen molar-refractivity contribution < 1.29 is 18.7 Å². The molecule has 2 N–H and O–H groups in total. The molecule has 1 aliphatic heterocycles. The van der Waals surface area contributed by atoms with Gasteiger partial charge < -0.3 is 19.8 Å². The van der Waals surface area contributed by atoms with Gasteiger partial charge >= 0.3 is 0 Å². The molecule has 8 heteroatoms.